The molecular weight excluding hydrogens is 192 g/mol. The fourth-order valence-corrected chi connectivity index (χ4v) is 3.14. The van der Waals surface area contributed by atoms with Gasteiger partial charge in [0.25, 0.3) is 0 Å². The van der Waals surface area contributed by atoms with Gasteiger partial charge < -0.3 is 0 Å². The molecule has 1 fully saturated rings. The van der Waals surface area contributed by atoms with Crippen molar-refractivity contribution < 1.29 is 0 Å². The van der Waals surface area contributed by atoms with E-state index in [0.29, 0.717) is 0 Å². The van der Waals surface area contributed by atoms with Gasteiger partial charge in [-0.1, -0.05) is 46.6 Å². The lowest BCUT2D eigenvalue weighted by atomic mass is 9.79. The summed E-state index contributed by atoms with van der Waals surface area (Å²) in [5.41, 5.74) is 0. The van der Waals surface area contributed by atoms with Gasteiger partial charge in [-0.3, -0.25) is 0 Å². The first-order valence-electron chi connectivity index (χ1n) is 7.26. The van der Waals surface area contributed by atoms with Gasteiger partial charge in [-0.05, 0) is 48.9 Å². The zero-order valence-electron chi connectivity index (χ0n) is 11.7. The standard InChI is InChI=1S/C16H30/c1-6-9-14(7-2)13(5)12(4)10-16-11-15(16)8-3/h7,12-16H,2,6,8-11H2,1,3-5H3. The highest BCUT2D eigenvalue weighted by atomic mass is 14.4. The summed E-state index contributed by atoms with van der Waals surface area (Å²) in [4.78, 5) is 0. The topological polar surface area (TPSA) is 0 Å². The van der Waals surface area contributed by atoms with Crippen molar-refractivity contribution in [1.82, 2.24) is 0 Å². The second kappa shape index (κ2) is 6.47. The first-order chi connectivity index (χ1) is 7.63. The second-order valence-electron chi connectivity index (χ2n) is 5.92. The van der Waals surface area contributed by atoms with Gasteiger partial charge in [-0.2, -0.15) is 0 Å². The maximum Gasteiger partial charge on any atom is -0.0208 e. The molecule has 0 aromatic heterocycles. The highest BCUT2D eigenvalue weighted by Crippen LogP contribution is 2.46. The molecule has 0 heteroatoms. The van der Waals surface area contributed by atoms with Crippen molar-refractivity contribution in [3.05, 3.63) is 12.7 Å². The van der Waals surface area contributed by atoms with Crippen LogP contribution in [0.15, 0.2) is 12.7 Å². The molecule has 94 valence electrons. The highest BCUT2D eigenvalue weighted by molar-refractivity contribution is 4.90. The molecule has 1 aliphatic rings. The van der Waals surface area contributed by atoms with Crippen molar-refractivity contribution in [1.29, 1.82) is 0 Å². The smallest absolute Gasteiger partial charge is 0.0208 e. The van der Waals surface area contributed by atoms with Crippen molar-refractivity contribution in [3.63, 3.8) is 0 Å². The minimum absolute atomic E-state index is 0.735. The van der Waals surface area contributed by atoms with Crippen LogP contribution in [0.4, 0.5) is 0 Å². The van der Waals surface area contributed by atoms with Crippen LogP contribution in [0.3, 0.4) is 0 Å². The van der Waals surface area contributed by atoms with Crippen molar-refractivity contribution >= 4 is 0 Å². The fourth-order valence-electron chi connectivity index (χ4n) is 3.14. The molecule has 0 nitrogen and oxygen atoms in total. The number of allylic oxidation sites excluding steroid dienone is 1. The predicted octanol–water partition coefficient (Wildman–Crippen LogP) is 5.30. The minimum Gasteiger partial charge on any atom is -0.103 e. The average molecular weight is 222 g/mol. The summed E-state index contributed by atoms with van der Waals surface area (Å²) < 4.78 is 0. The van der Waals surface area contributed by atoms with Crippen LogP contribution in [-0.4, -0.2) is 0 Å². The molecule has 1 aliphatic carbocycles. The largest absolute Gasteiger partial charge is 0.103 e. The van der Waals surface area contributed by atoms with E-state index in [1.807, 2.05) is 0 Å². The molecule has 5 atom stereocenters. The molecule has 0 N–H and O–H groups in total. The first kappa shape index (κ1) is 13.8. The molecule has 0 spiro atoms. The van der Waals surface area contributed by atoms with Gasteiger partial charge in [0.1, 0.15) is 0 Å². The zero-order valence-corrected chi connectivity index (χ0v) is 11.7. The van der Waals surface area contributed by atoms with E-state index in [1.54, 1.807) is 0 Å². The lowest BCUT2D eigenvalue weighted by Crippen LogP contribution is -2.18. The van der Waals surface area contributed by atoms with Crippen LogP contribution in [-0.2, 0) is 0 Å². The summed E-state index contributed by atoms with van der Waals surface area (Å²) in [7, 11) is 0. The fraction of sp³-hybridized carbons (Fsp3) is 0.875. The SMILES string of the molecule is C=CC(CCC)C(C)C(C)CC1CC1CC. The van der Waals surface area contributed by atoms with E-state index in [9.17, 15) is 0 Å². The lowest BCUT2D eigenvalue weighted by Gasteiger charge is -2.26. The Bertz CT molecular complexity index is 206. The molecule has 0 aromatic carbocycles. The van der Waals surface area contributed by atoms with Crippen molar-refractivity contribution in [2.24, 2.45) is 29.6 Å². The Morgan fingerprint density at radius 1 is 1.25 bits per heavy atom. The molecule has 0 bridgehead atoms. The maximum atomic E-state index is 4.01. The summed E-state index contributed by atoms with van der Waals surface area (Å²) in [6.07, 6.45) is 9.14. The third kappa shape index (κ3) is 3.64. The molecule has 0 aromatic rings. The van der Waals surface area contributed by atoms with Crippen LogP contribution in [0, 0.1) is 29.6 Å². The predicted molar refractivity (Wildman–Crippen MR) is 73.4 cm³/mol. The van der Waals surface area contributed by atoms with Gasteiger partial charge in [0.2, 0.25) is 0 Å². The Labute approximate surface area is 103 Å². The average Bonchev–Trinajstić information content (AvgIpc) is 3.03. The van der Waals surface area contributed by atoms with E-state index in [1.165, 1.54) is 32.1 Å². The Morgan fingerprint density at radius 3 is 2.38 bits per heavy atom. The van der Waals surface area contributed by atoms with Gasteiger partial charge >= 0.3 is 0 Å². The van der Waals surface area contributed by atoms with Crippen LogP contribution in [0.25, 0.3) is 0 Å². The normalized spacial score (nSPS) is 29.5. The quantitative estimate of drug-likeness (QED) is 0.489. The second-order valence-corrected chi connectivity index (χ2v) is 5.92. The summed E-state index contributed by atoms with van der Waals surface area (Å²) >= 11 is 0. The Kier molecular flexibility index (Phi) is 5.58. The molecule has 0 saturated heterocycles. The van der Waals surface area contributed by atoms with Gasteiger partial charge in [0.15, 0.2) is 0 Å². The monoisotopic (exact) mass is 222 g/mol. The summed E-state index contributed by atoms with van der Waals surface area (Å²) in [5, 5.41) is 0. The molecule has 0 amide bonds. The van der Waals surface area contributed by atoms with Gasteiger partial charge in [-0.15, -0.1) is 6.58 Å². The van der Waals surface area contributed by atoms with Crippen LogP contribution in [0.5, 0.6) is 0 Å². The van der Waals surface area contributed by atoms with Crippen LogP contribution in [0.2, 0.25) is 0 Å². The van der Waals surface area contributed by atoms with E-state index >= 15 is 0 Å². The third-order valence-electron chi connectivity index (χ3n) is 4.77. The summed E-state index contributed by atoms with van der Waals surface area (Å²) in [5.74, 6) is 4.53. The number of hydrogen-bond acceptors (Lipinski definition) is 0. The van der Waals surface area contributed by atoms with Gasteiger partial charge in [-0.25, -0.2) is 0 Å². The third-order valence-corrected chi connectivity index (χ3v) is 4.77. The Balaban J connectivity index is 2.34. The van der Waals surface area contributed by atoms with E-state index in [-0.39, 0.29) is 0 Å². The highest BCUT2D eigenvalue weighted by Gasteiger charge is 2.37. The van der Waals surface area contributed by atoms with Crippen molar-refractivity contribution in [2.75, 3.05) is 0 Å². The van der Waals surface area contributed by atoms with Crippen LogP contribution >= 0.6 is 0 Å². The molecular formula is C16H30. The molecule has 1 rings (SSSR count). The summed E-state index contributed by atoms with van der Waals surface area (Å²) in [6, 6.07) is 0. The molecule has 0 aliphatic heterocycles. The van der Waals surface area contributed by atoms with Gasteiger partial charge in [0, 0.05) is 0 Å². The maximum absolute atomic E-state index is 4.01. The number of rotatable bonds is 8. The molecule has 16 heavy (non-hydrogen) atoms. The van der Waals surface area contributed by atoms with E-state index < -0.39 is 0 Å². The van der Waals surface area contributed by atoms with E-state index in [4.69, 9.17) is 0 Å². The minimum atomic E-state index is 0.735. The Morgan fingerprint density at radius 2 is 1.94 bits per heavy atom. The van der Waals surface area contributed by atoms with Crippen LogP contribution in [0.1, 0.15) is 59.8 Å². The van der Waals surface area contributed by atoms with E-state index in [2.05, 4.69) is 40.3 Å². The first-order valence-corrected chi connectivity index (χ1v) is 7.26. The van der Waals surface area contributed by atoms with Gasteiger partial charge in [0.05, 0.1) is 0 Å². The molecule has 1 saturated carbocycles. The molecule has 0 heterocycles. The van der Waals surface area contributed by atoms with E-state index in [0.717, 1.165) is 29.6 Å². The van der Waals surface area contributed by atoms with Crippen LogP contribution < -0.4 is 0 Å². The zero-order chi connectivity index (χ0) is 12.1. The number of hydrogen-bond donors (Lipinski definition) is 0. The lowest BCUT2D eigenvalue weighted by molar-refractivity contribution is 0.264. The van der Waals surface area contributed by atoms with Crippen molar-refractivity contribution in [2.45, 2.75) is 59.8 Å². The van der Waals surface area contributed by atoms with Crippen molar-refractivity contribution in [3.8, 4) is 0 Å². The molecule has 0 radical (unpaired) electrons. The summed E-state index contributed by atoms with van der Waals surface area (Å²) in [6.45, 7) is 13.5. The molecule has 5 unspecified atom stereocenters. The Hall–Kier alpha value is -0.260.